The number of hydrogen-bond donors (Lipinski definition) is 2. The molecular weight excluding hydrogens is 308 g/mol. The number of benzene rings is 1. The molecule has 0 heterocycles. The third-order valence-corrected chi connectivity index (χ3v) is 5.09. The lowest BCUT2D eigenvalue weighted by Crippen LogP contribution is -2.06. The molecule has 0 spiro atoms. The van der Waals surface area contributed by atoms with Crippen molar-refractivity contribution in [1.29, 1.82) is 0 Å². The van der Waals surface area contributed by atoms with Crippen molar-refractivity contribution >= 4 is 0 Å². The lowest BCUT2D eigenvalue weighted by atomic mass is 9.85. The Bertz CT molecular complexity index is 584. The molecule has 2 N–H and O–H groups in total. The summed E-state index contributed by atoms with van der Waals surface area (Å²) in [5, 5.41) is 20.8. The highest BCUT2D eigenvalue weighted by Gasteiger charge is 2.17. The van der Waals surface area contributed by atoms with Gasteiger partial charge in [-0.1, -0.05) is 56.9 Å². The first-order valence-corrected chi connectivity index (χ1v) is 9.59. The molecule has 140 valence electrons. The van der Waals surface area contributed by atoms with Gasteiger partial charge in [0.25, 0.3) is 0 Å². The second kappa shape index (κ2) is 10.3. The zero-order valence-corrected chi connectivity index (χ0v) is 16.9. The van der Waals surface area contributed by atoms with E-state index in [0.717, 1.165) is 31.2 Å². The minimum Gasteiger partial charge on any atom is -0.508 e. The van der Waals surface area contributed by atoms with Crippen molar-refractivity contribution < 1.29 is 10.2 Å². The van der Waals surface area contributed by atoms with Crippen LogP contribution >= 0.6 is 0 Å². The molecule has 2 unspecified atom stereocenters. The van der Waals surface area contributed by atoms with Crippen LogP contribution in [0.2, 0.25) is 0 Å². The second-order valence-electron chi connectivity index (χ2n) is 7.67. The summed E-state index contributed by atoms with van der Waals surface area (Å²) in [6.45, 7) is 12.9. The smallest absolute Gasteiger partial charge is 0.123 e. The molecule has 0 fully saturated rings. The Morgan fingerprint density at radius 3 is 2.16 bits per heavy atom. The third kappa shape index (κ3) is 6.97. The summed E-state index contributed by atoms with van der Waals surface area (Å²) in [6.07, 6.45) is 9.26. The van der Waals surface area contributed by atoms with Gasteiger partial charge in [-0.2, -0.15) is 0 Å². The molecule has 0 aromatic heterocycles. The van der Waals surface area contributed by atoms with Crippen LogP contribution in [0.3, 0.4) is 0 Å². The van der Waals surface area contributed by atoms with Crippen molar-refractivity contribution in [2.45, 2.75) is 79.6 Å². The van der Waals surface area contributed by atoms with Crippen molar-refractivity contribution in [2.75, 3.05) is 0 Å². The van der Waals surface area contributed by atoms with E-state index in [0.29, 0.717) is 23.8 Å². The fourth-order valence-electron chi connectivity index (χ4n) is 3.14. The van der Waals surface area contributed by atoms with E-state index < -0.39 is 0 Å². The summed E-state index contributed by atoms with van der Waals surface area (Å²) < 4.78 is 0. The Labute approximate surface area is 154 Å². The second-order valence-corrected chi connectivity index (χ2v) is 7.67. The van der Waals surface area contributed by atoms with Gasteiger partial charge in [0, 0.05) is 5.56 Å². The number of allylic oxidation sites excluding steroid dienone is 4. The molecule has 2 nitrogen and oxygen atoms in total. The zero-order chi connectivity index (χ0) is 19.0. The summed E-state index contributed by atoms with van der Waals surface area (Å²) in [7, 11) is 0. The Morgan fingerprint density at radius 1 is 1.04 bits per heavy atom. The summed E-state index contributed by atoms with van der Waals surface area (Å²) >= 11 is 0. The van der Waals surface area contributed by atoms with E-state index >= 15 is 0 Å². The molecule has 0 radical (unpaired) electrons. The summed E-state index contributed by atoms with van der Waals surface area (Å²) in [6, 6.07) is 3.66. The van der Waals surface area contributed by atoms with E-state index in [9.17, 15) is 10.2 Å². The summed E-state index contributed by atoms with van der Waals surface area (Å²) in [4.78, 5) is 0. The Kier molecular flexibility index (Phi) is 8.82. The molecular formula is C23H36O2. The van der Waals surface area contributed by atoms with Gasteiger partial charge in [-0.25, -0.2) is 0 Å². The number of phenolic OH excluding ortho intramolecular Hbond substituents is 2. The number of hydrogen-bond acceptors (Lipinski definition) is 2. The molecule has 2 atom stereocenters. The van der Waals surface area contributed by atoms with Crippen LogP contribution in [0.5, 0.6) is 11.5 Å². The molecule has 0 aliphatic carbocycles. The van der Waals surface area contributed by atoms with Crippen LogP contribution in [0.4, 0.5) is 0 Å². The van der Waals surface area contributed by atoms with Crippen LogP contribution in [-0.4, -0.2) is 10.2 Å². The minimum absolute atomic E-state index is 0.207. The van der Waals surface area contributed by atoms with E-state index in [4.69, 9.17) is 0 Å². The lowest BCUT2D eigenvalue weighted by molar-refractivity contribution is 0.424. The van der Waals surface area contributed by atoms with Crippen molar-refractivity contribution in [1.82, 2.24) is 0 Å². The van der Waals surface area contributed by atoms with Gasteiger partial charge in [0.15, 0.2) is 0 Å². The SMILES string of the molecule is CCCC(C)C(C)c1cc(O)c(CC=C(C)CCC=C(C)C)c(O)c1. The number of phenols is 2. The maximum Gasteiger partial charge on any atom is 0.123 e. The van der Waals surface area contributed by atoms with Gasteiger partial charge in [0.2, 0.25) is 0 Å². The quantitative estimate of drug-likeness (QED) is 0.480. The van der Waals surface area contributed by atoms with Crippen molar-refractivity contribution in [2.24, 2.45) is 5.92 Å². The highest BCUT2D eigenvalue weighted by Crippen LogP contribution is 2.36. The molecule has 25 heavy (non-hydrogen) atoms. The van der Waals surface area contributed by atoms with Gasteiger partial charge in [0.1, 0.15) is 11.5 Å². The van der Waals surface area contributed by atoms with Crippen LogP contribution < -0.4 is 0 Å². The topological polar surface area (TPSA) is 40.5 Å². The van der Waals surface area contributed by atoms with Gasteiger partial charge >= 0.3 is 0 Å². The average Bonchev–Trinajstić information content (AvgIpc) is 2.53. The number of rotatable bonds is 9. The highest BCUT2D eigenvalue weighted by atomic mass is 16.3. The van der Waals surface area contributed by atoms with E-state index in [1.165, 1.54) is 11.1 Å². The number of aromatic hydroxyl groups is 2. The van der Waals surface area contributed by atoms with Crippen molar-refractivity contribution in [3.8, 4) is 11.5 Å². The highest BCUT2D eigenvalue weighted by molar-refractivity contribution is 5.48. The van der Waals surface area contributed by atoms with Gasteiger partial charge in [-0.3, -0.25) is 0 Å². The molecule has 0 aliphatic rings. The third-order valence-electron chi connectivity index (χ3n) is 5.09. The molecule has 0 saturated heterocycles. The first-order valence-electron chi connectivity index (χ1n) is 9.59. The first-order chi connectivity index (χ1) is 11.8. The van der Waals surface area contributed by atoms with E-state index in [1.807, 2.05) is 12.1 Å². The Hall–Kier alpha value is -1.70. The molecule has 1 aromatic carbocycles. The van der Waals surface area contributed by atoms with Crippen molar-refractivity contribution in [3.05, 3.63) is 46.6 Å². The minimum atomic E-state index is 0.207. The van der Waals surface area contributed by atoms with Crippen LogP contribution in [0.15, 0.2) is 35.4 Å². The van der Waals surface area contributed by atoms with Gasteiger partial charge in [0.05, 0.1) is 0 Å². The largest absolute Gasteiger partial charge is 0.508 e. The van der Waals surface area contributed by atoms with Crippen LogP contribution in [0, 0.1) is 5.92 Å². The fraction of sp³-hybridized carbons (Fsp3) is 0.565. The molecule has 1 rings (SSSR count). The maximum atomic E-state index is 10.4. The monoisotopic (exact) mass is 344 g/mol. The predicted molar refractivity (Wildman–Crippen MR) is 108 cm³/mol. The molecule has 0 saturated carbocycles. The van der Waals surface area contributed by atoms with Crippen LogP contribution in [0.1, 0.15) is 84.3 Å². The van der Waals surface area contributed by atoms with E-state index in [2.05, 4.69) is 53.7 Å². The molecule has 0 amide bonds. The Balaban J connectivity index is 2.84. The summed E-state index contributed by atoms with van der Waals surface area (Å²) in [5.41, 5.74) is 4.26. The van der Waals surface area contributed by atoms with E-state index in [-0.39, 0.29) is 11.5 Å². The van der Waals surface area contributed by atoms with E-state index in [1.54, 1.807) is 0 Å². The lowest BCUT2D eigenvalue weighted by Gasteiger charge is -2.21. The first kappa shape index (κ1) is 21.3. The van der Waals surface area contributed by atoms with Crippen LogP contribution in [-0.2, 0) is 6.42 Å². The average molecular weight is 345 g/mol. The predicted octanol–water partition coefficient (Wildman–Crippen LogP) is 6.87. The zero-order valence-electron chi connectivity index (χ0n) is 16.9. The maximum absolute atomic E-state index is 10.4. The normalized spacial score (nSPS) is 14.2. The van der Waals surface area contributed by atoms with Gasteiger partial charge in [-0.15, -0.1) is 0 Å². The molecule has 0 bridgehead atoms. The standard InChI is InChI=1S/C23H36O2/c1-7-9-18(5)19(6)20-14-22(24)21(23(25)15-20)13-12-17(4)11-8-10-16(2)3/h10,12,14-15,18-19,24-25H,7-9,11,13H2,1-6H3. The van der Waals surface area contributed by atoms with Crippen molar-refractivity contribution in [3.63, 3.8) is 0 Å². The summed E-state index contributed by atoms with van der Waals surface area (Å²) in [5.74, 6) is 1.27. The fourth-order valence-corrected chi connectivity index (χ4v) is 3.14. The molecule has 2 heteroatoms. The molecule has 1 aromatic rings. The van der Waals surface area contributed by atoms with Gasteiger partial charge < -0.3 is 10.2 Å². The molecule has 0 aliphatic heterocycles. The Morgan fingerprint density at radius 2 is 1.64 bits per heavy atom. The van der Waals surface area contributed by atoms with Crippen LogP contribution in [0.25, 0.3) is 0 Å². The van der Waals surface area contributed by atoms with Gasteiger partial charge in [-0.05, 0) is 69.6 Å².